The van der Waals surface area contributed by atoms with E-state index in [2.05, 4.69) is 0 Å². The Labute approximate surface area is 119 Å². The molecule has 1 aromatic heterocycles. The van der Waals surface area contributed by atoms with Gasteiger partial charge in [0, 0.05) is 22.7 Å². The molecule has 0 bridgehead atoms. The first-order chi connectivity index (χ1) is 8.54. The van der Waals surface area contributed by atoms with Crippen molar-refractivity contribution in [3.8, 4) is 0 Å². The van der Waals surface area contributed by atoms with Crippen molar-refractivity contribution in [3.63, 3.8) is 0 Å². The van der Waals surface area contributed by atoms with Crippen LogP contribution in [0.25, 0.3) is 0 Å². The van der Waals surface area contributed by atoms with Crippen LogP contribution in [0.1, 0.15) is 10.4 Å². The van der Waals surface area contributed by atoms with Gasteiger partial charge in [0.05, 0.1) is 10.4 Å². The normalized spacial score (nSPS) is 12.7. The third-order valence-electron chi connectivity index (χ3n) is 2.54. The Kier molecular flexibility index (Phi) is 4.62. The average molecular weight is 305 g/mol. The lowest BCUT2D eigenvalue weighted by molar-refractivity contribution is 0.176. The van der Waals surface area contributed by atoms with Crippen molar-refractivity contribution in [2.24, 2.45) is 0 Å². The summed E-state index contributed by atoms with van der Waals surface area (Å²) >= 11 is 13.2. The molecule has 0 aliphatic carbocycles. The lowest BCUT2D eigenvalue weighted by Crippen LogP contribution is -2.13. The molecule has 1 heterocycles. The van der Waals surface area contributed by atoms with Gasteiger partial charge in [-0.3, -0.25) is 0 Å². The number of thiophene rings is 1. The molecule has 0 radical (unpaired) electrons. The van der Waals surface area contributed by atoms with E-state index in [1.54, 1.807) is 12.1 Å². The van der Waals surface area contributed by atoms with Crippen LogP contribution in [0.3, 0.4) is 0 Å². The van der Waals surface area contributed by atoms with Gasteiger partial charge in [-0.2, -0.15) is 0 Å². The minimum Gasteiger partial charge on any atom is -0.392 e. The third-order valence-corrected chi connectivity index (χ3v) is 4.14. The van der Waals surface area contributed by atoms with Gasteiger partial charge in [-0.1, -0.05) is 29.3 Å². The molecule has 2 rings (SSSR count). The van der Waals surface area contributed by atoms with Crippen molar-refractivity contribution >= 4 is 34.5 Å². The second kappa shape index (κ2) is 6.02. The second-order valence-corrected chi connectivity index (χ2v) is 6.21. The summed E-state index contributed by atoms with van der Waals surface area (Å²) in [5, 5.41) is 10.3. The SMILES string of the molecule is OC(Cc1ccc(Cl)s1)Cc1ccc(F)cc1Cl. The first-order valence-electron chi connectivity index (χ1n) is 5.41. The van der Waals surface area contributed by atoms with E-state index in [4.69, 9.17) is 23.2 Å². The highest BCUT2D eigenvalue weighted by Gasteiger charge is 2.11. The van der Waals surface area contributed by atoms with Crippen LogP contribution in [0.4, 0.5) is 4.39 Å². The molecule has 2 aromatic rings. The quantitative estimate of drug-likeness (QED) is 0.891. The molecule has 96 valence electrons. The summed E-state index contributed by atoms with van der Waals surface area (Å²) in [6, 6.07) is 7.89. The van der Waals surface area contributed by atoms with E-state index in [0.29, 0.717) is 22.2 Å². The molecule has 5 heteroatoms. The van der Waals surface area contributed by atoms with Crippen molar-refractivity contribution in [3.05, 3.63) is 55.9 Å². The lowest BCUT2D eigenvalue weighted by Gasteiger charge is -2.10. The van der Waals surface area contributed by atoms with E-state index >= 15 is 0 Å². The zero-order valence-electron chi connectivity index (χ0n) is 9.37. The van der Waals surface area contributed by atoms with E-state index in [-0.39, 0.29) is 5.82 Å². The molecular weight excluding hydrogens is 294 g/mol. The number of benzene rings is 1. The highest BCUT2D eigenvalue weighted by molar-refractivity contribution is 7.16. The number of halogens is 3. The maximum absolute atomic E-state index is 12.9. The van der Waals surface area contributed by atoms with Gasteiger partial charge in [0.1, 0.15) is 5.82 Å². The van der Waals surface area contributed by atoms with Crippen LogP contribution in [-0.4, -0.2) is 11.2 Å². The van der Waals surface area contributed by atoms with Crippen molar-refractivity contribution in [2.75, 3.05) is 0 Å². The van der Waals surface area contributed by atoms with Crippen molar-refractivity contribution in [1.82, 2.24) is 0 Å². The largest absolute Gasteiger partial charge is 0.392 e. The molecule has 0 saturated heterocycles. The molecule has 1 N–H and O–H groups in total. The number of hydrogen-bond acceptors (Lipinski definition) is 2. The number of aliphatic hydroxyl groups is 1. The van der Waals surface area contributed by atoms with Crippen LogP contribution in [0.5, 0.6) is 0 Å². The lowest BCUT2D eigenvalue weighted by atomic mass is 10.0. The summed E-state index contributed by atoms with van der Waals surface area (Å²) in [5.41, 5.74) is 0.744. The molecule has 18 heavy (non-hydrogen) atoms. The van der Waals surface area contributed by atoms with E-state index < -0.39 is 6.10 Å². The van der Waals surface area contributed by atoms with Crippen LogP contribution >= 0.6 is 34.5 Å². The van der Waals surface area contributed by atoms with Gasteiger partial charge < -0.3 is 5.11 Å². The van der Waals surface area contributed by atoms with Gasteiger partial charge in [0.15, 0.2) is 0 Å². The number of aliphatic hydroxyl groups excluding tert-OH is 1. The molecule has 0 amide bonds. The first kappa shape index (κ1) is 13.8. The fourth-order valence-electron chi connectivity index (χ4n) is 1.71. The summed E-state index contributed by atoms with van der Waals surface area (Å²) in [7, 11) is 0. The predicted molar refractivity (Wildman–Crippen MR) is 74.2 cm³/mol. The Balaban J connectivity index is 2.00. The zero-order valence-corrected chi connectivity index (χ0v) is 11.7. The third kappa shape index (κ3) is 3.69. The highest BCUT2D eigenvalue weighted by Crippen LogP contribution is 2.24. The minimum atomic E-state index is -0.553. The predicted octanol–water partition coefficient (Wildman–Crippen LogP) is 4.34. The molecule has 1 aromatic carbocycles. The smallest absolute Gasteiger partial charge is 0.124 e. The van der Waals surface area contributed by atoms with Crippen LogP contribution in [0, 0.1) is 5.82 Å². The second-order valence-electron chi connectivity index (χ2n) is 4.00. The zero-order chi connectivity index (χ0) is 13.1. The van der Waals surface area contributed by atoms with Crippen LogP contribution in [0.2, 0.25) is 9.36 Å². The van der Waals surface area contributed by atoms with Crippen LogP contribution in [-0.2, 0) is 12.8 Å². The Morgan fingerprint density at radius 2 is 1.94 bits per heavy atom. The summed E-state index contributed by atoms with van der Waals surface area (Å²) < 4.78 is 13.6. The summed E-state index contributed by atoms with van der Waals surface area (Å²) in [4.78, 5) is 1.02. The summed E-state index contributed by atoms with van der Waals surface area (Å²) in [5.74, 6) is -0.372. The first-order valence-corrected chi connectivity index (χ1v) is 6.98. The molecular formula is C13H11Cl2FOS. The van der Waals surface area contributed by atoms with E-state index in [9.17, 15) is 9.50 Å². The van der Waals surface area contributed by atoms with Gasteiger partial charge in [0.25, 0.3) is 0 Å². The van der Waals surface area contributed by atoms with Gasteiger partial charge >= 0.3 is 0 Å². The standard InChI is InChI=1S/C13H11Cl2FOS/c14-12-6-9(16)2-1-8(12)5-10(17)7-11-3-4-13(15)18-11/h1-4,6,10,17H,5,7H2. The van der Waals surface area contributed by atoms with E-state index in [1.165, 1.54) is 23.5 Å². The van der Waals surface area contributed by atoms with Crippen LogP contribution in [0.15, 0.2) is 30.3 Å². The minimum absolute atomic E-state index is 0.346. The monoisotopic (exact) mass is 304 g/mol. The fourth-order valence-corrected chi connectivity index (χ4v) is 3.11. The van der Waals surface area contributed by atoms with Gasteiger partial charge in [-0.25, -0.2) is 4.39 Å². The number of rotatable bonds is 4. The van der Waals surface area contributed by atoms with Crippen molar-refractivity contribution in [1.29, 1.82) is 0 Å². The van der Waals surface area contributed by atoms with Crippen LogP contribution < -0.4 is 0 Å². The Morgan fingerprint density at radius 1 is 1.17 bits per heavy atom. The summed E-state index contributed by atoms with van der Waals surface area (Å²) in [6.45, 7) is 0. The van der Waals surface area contributed by atoms with Gasteiger partial charge in [-0.15, -0.1) is 11.3 Å². The molecule has 1 nitrogen and oxygen atoms in total. The topological polar surface area (TPSA) is 20.2 Å². The Morgan fingerprint density at radius 3 is 2.56 bits per heavy atom. The number of hydrogen-bond donors (Lipinski definition) is 1. The van der Waals surface area contributed by atoms with E-state index in [1.807, 2.05) is 6.07 Å². The highest BCUT2D eigenvalue weighted by atomic mass is 35.5. The van der Waals surface area contributed by atoms with E-state index in [0.717, 1.165) is 10.4 Å². The summed E-state index contributed by atoms with van der Waals surface area (Å²) in [6.07, 6.45) is 0.363. The molecule has 0 saturated carbocycles. The average Bonchev–Trinajstić information content (AvgIpc) is 2.68. The Bertz CT molecular complexity index is 542. The maximum atomic E-state index is 12.9. The fraction of sp³-hybridized carbons (Fsp3) is 0.231. The molecule has 0 aliphatic heterocycles. The molecule has 1 atom stereocenters. The molecule has 1 unspecified atom stereocenters. The molecule has 0 spiro atoms. The Hall–Kier alpha value is -0.610. The molecule has 0 aliphatic rings. The maximum Gasteiger partial charge on any atom is 0.124 e. The molecule has 0 fully saturated rings. The van der Waals surface area contributed by atoms with Gasteiger partial charge in [0.2, 0.25) is 0 Å². The van der Waals surface area contributed by atoms with Gasteiger partial charge in [-0.05, 0) is 29.8 Å². The van der Waals surface area contributed by atoms with Crippen molar-refractivity contribution < 1.29 is 9.50 Å². The van der Waals surface area contributed by atoms with Crippen molar-refractivity contribution in [2.45, 2.75) is 18.9 Å².